The van der Waals surface area contributed by atoms with E-state index < -0.39 is 0 Å². The number of imidazole rings is 1. The van der Waals surface area contributed by atoms with E-state index in [0.29, 0.717) is 12.1 Å². The number of methoxy groups -OCH3 is 1. The number of thioether (sulfide) groups is 1. The summed E-state index contributed by atoms with van der Waals surface area (Å²) in [6.45, 7) is 0.699. The molecule has 0 aliphatic carbocycles. The highest BCUT2D eigenvalue weighted by atomic mass is 32.2. The van der Waals surface area contributed by atoms with Gasteiger partial charge in [0.2, 0.25) is 0 Å². The zero-order chi connectivity index (χ0) is 22.3. The summed E-state index contributed by atoms with van der Waals surface area (Å²) in [6, 6.07) is 25.5. The van der Waals surface area contributed by atoms with E-state index in [1.807, 2.05) is 36.4 Å². The summed E-state index contributed by atoms with van der Waals surface area (Å²) < 4.78 is 7.44. The Morgan fingerprint density at radius 3 is 2.47 bits per heavy atom. The molecule has 0 aliphatic heterocycles. The van der Waals surface area contributed by atoms with E-state index in [0.717, 1.165) is 34.8 Å². The number of hydrogen-bond donors (Lipinski definition) is 1. The molecule has 0 aliphatic rings. The summed E-state index contributed by atoms with van der Waals surface area (Å²) in [5, 5.41) is 3.23. The number of ether oxygens (including phenoxy) is 1. The number of amides is 1. The third kappa shape index (κ3) is 4.97. The Balaban J connectivity index is 1.69. The summed E-state index contributed by atoms with van der Waals surface area (Å²) in [5.41, 5.74) is 3.80. The minimum absolute atomic E-state index is 0.114. The number of nitrogens with one attached hydrogen (secondary N) is 1. The van der Waals surface area contributed by atoms with E-state index in [2.05, 4.69) is 34.3 Å². The van der Waals surface area contributed by atoms with Gasteiger partial charge in [0.15, 0.2) is 0 Å². The molecule has 32 heavy (non-hydrogen) atoms. The fourth-order valence-electron chi connectivity index (χ4n) is 3.78. The van der Waals surface area contributed by atoms with Gasteiger partial charge in [0, 0.05) is 12.1 Å². The van der Waals surface area contributed by atoms with Crippen LogP contribution in [0, 0.1) is 0 Å². The topological polar surface area (TPSA) is 56.1 Å². The molecule has 4 rings (SSSR count). The van der Waals surface area contributed by atoms with Gasteiger partial charge >= 0.3 is 0 Å². The highest BCUT2D eigenvalue weighted by molar-refractivity contribution is 7.98. The molecule has 6 heteroatoms. The van der Waals surface area contributed by atoms with Gasteiger partial charge in [-0.3, -0.25) is 4.79 Å². The Kier molecular flexibility index (Phi) is 7.12. The molecule has 1 amide bonds. The lowest BCUT2D eigenvalue weighted by Gasteiger charge is -2.20. The molecule has 0 saturated carbocycles. The summed E-state index contributed by atoms with van der Waals surface area (Å²) in [6.07, 6.45) is 2.87. The lowest BCUT2D eigenvalue weighted by molar-refractivity contribution is 0.0933. The molecule has 0 fully saturated rings. The van der Waals surface area contributed by atoms with Crippen molar-refractivity contribution in [2.24, 2.45) is 0 Å². The number of benzene rings is 3. The lowest BCUT2D eigenvalue weighted by Crippen LogP contribution is -2.31. The summed E-state index contributed by atoms with van der Waals surface area (Å²) in [7, 11) is 1.62. The van der Waals surface area contributed by atoms with E-state index in [-0.39, 0.29) is 11.9 Å². The molecule has 0 spiro atoms. The van der Waals surface area contributed by atoms with Crippen LogP contribution in [0.3, 0.4) is 0 Å². The molecule has 1 atom stereocenters. The van der Waals surface area contributed by atoms with Crippen molar-refractivity contribution in [2.45, 2.75) is 19.0 Å². The highest BCUT2D eigenvalue weighted by Crippen LogP contribution is 2.26. The molecule has 1 heterocycles. The van der Waals surface area contributed by atoms with Crippen LogP contribution in [0.25, 0.3) is 11.0 Å². The number of fused-ring (bicyclic) bond motifs is 1. The lowest BCUT2D eigenvalue weighted by atomic mass is 10.1. The fourth-order valence-corrected chi connectivity index (χ4v) is 4.25. The molecule has 164 valence electrons. The van der Waals surface area contributed by atoms with Crippen LogP contribution in [-0.4, -0.2) is 34.6 Å². The smallest absolute Gasteiger partial charge is 0.251 e. The van der Waals surface area contributed by atoms with Crippen molar-refractivity contribution in [2.75, 3.05) is 19.1 Å². The van der Waals surface area contributed by atoms with Crippen molar-refractivity contribution in [3.63, 3.8) is 0 Å². The first kappa shape index (κ1) is 22.0. The molecule has 3 aromatic carbocycles. The molecule has 4 aromatic rings. The largest absolute Gasteiger partial charge is 0.497 e. The van der Waals surface area contributed by atoms with Crippen molar-refractivity contribution in [3.8, 4) is 5.75 Å². The quantitative estimate of drug-likeness (QED) is 0.379. The summed E-state index contributed by atoms with van der Waals surface area (Å²) in [5.74, 6) is 2.41. The summed E-state index contributed by atoms with van der Waals surface area (Å²) in [4.78, 5) is 18.0. The first-order valence-electron chi connectivity index (χ1n) is 10.6. The molecular formula is C26H27N3O2S. The number of nitrogens with zero attached hydrogens (tertiary/aromatic N) is 2. The number of carbonyl (C=O) groups is 1. The second-order valence-corrected chi connectivity index (χ2v) is 8.55. The van der Waals surface area contributed by atoms with Gasteiger partial charge in [-0.05, 0) is 60.4 Å². The fraction of sp³-hybridized carbons (Fsp3) is 0.231. The number of hydrogen-bond acceptors (Lipinski definition) is 4. The maximum absolute atomic E-state index is 13.1. The molecule has 1 unspecified atom stereocenters. The predicted octanol–water partition coefficient (Wildman–Crippen LogP) is 5.32. The van der Waals surface area contributed by atoms with Crippen LogP contribution in [0.4, 0.5) is 0 Å². The maximum atomic E-state index is 13.1. The van der Waals surface area contributed by atoms with Gasteiger partial charge in [-0.15, -0.1) is 0 Å². The molecule has 1 N–H and O–H groups in total. The van der Waals surface area contributed by atoms with Gasteiger partial charge in [0.05, 0.1) is 24.2 Å². The highest BCUT2D eigenvalue weighted by Gasteiger charge is 2.23. The molecule has 0 radical (unpaired) electrons. The van der Waals surface area contributed by atoms with Gasteiger partial charge in [-0.1, -0.05) is 42.5 Å². The zero-order valence-electron chi connectivity index (χ0n) is 18.3. The van der Waals surface area contributed by atoms with Gasteiger partial charge in [0.1, 0.15) is 11.6 Å². The van der Waals surface area contributed by atoms with Crippen molar-refractivity contribution < 1.29 is 9.53 Å². The molecular weight excluding hydrogens is 418 g/mol. The second kappa shape index (κ2) is 10.4. The van der Waals surface area contributed by atoms with Crippen molar-refractivity contribution in [3.05, 3.63) is 95.8 Å². The molecule has 5 nitrogen and oxygen atoms in total. The monoisotopic (exact) mass is 445 g/mol. The Labute approximate surface area is 192 Å². The van der Waals surface area contributed by atoms with Crippen LogP contribution in [0.1, 0.15) is 34.2 Å². The van der Waals surface area contributed by atoms with Crippen LogP contribution >= 0.6 is 11.8 Å². The summed E-state index contributed by atoms with van der Waals surface area (Å²) >= 11 is 1.76. The van der Waals surface area contributed by atoms with Crippen LogP contribution in [0.2, 0.25) is 0 Å². The standard InChI is InChI=1S/C26H27N3O2S/c1-31-21-14-12-20(13-15-21)26(30)28-23(16-17-32-2)25-27-22-10-6-7-11-24(22)29(25)18-19-8-4-3-5-9-19/h3-15,23H,16-18H2,1-2H3,(H,28,30). The van der Waals surface area contributed by atoms with Crippen LogP contribution in [0.5, 0.6) is 5.75 Å². The first-order chi connectivity index (χ1) is 15.7. The van der Waals surface area contributed by atoms with Gasteiger partial charge in [-0.2, -0.15) is 11.8 Å². The Bertz CT molecular complexity index is 1170. The van der Waals surface area contributed by atoms with Crippen LogP contribution < -0.4 is 10.1 Å². The third-order valence-corrected chi connectivity index (χ3v) is 6.09. The third-order valence-electron chi connectivity index (χ3n) is 5.45. The Morgan fingerprint density at radius 1 is 1.03 bits per heavy atom. The SMILES string of the molecule is COc1ccc(C(=O)NC(CCSC)c2nc3ccccc3n2Cc2ccccc2)cc1. The molecule has 0 bridgehead atoms. The second-order valence-electron chi connectivity index (χ2n) is 7.57. The normalized spacial score (nSPS) is 11.9. The Morgan fingerprint density at radius 2 is 1.75 bits per heavy atom. The van der Waals surface area contributed by atoms with Gasteiger partial charge < -0.3 is 14.6 Å². The minimum atomic E-state index is -0.201. The van der Waals surface area contributed by atoms with Crippen molar-refractivity contribution in [1.82, 2.24) is 14.9 Å². The van der Waals surface area contributed by atoms with Gasteiger partial charge in [-0.25, -0.2) is 4.98 Å². The minimum Gasteiger partial charge on any atom is -0.497 e. The molecule has 1 aromatic heterocycles. The van der Waals surface area contributed by atoms with E-state index in [1.54, 1.807) is 43.1 Å². The van der Waals surface area contributed by atoms with E-state index >= 15 is 0 Å². The maximum Gasteiger partial charge on any atom is 0.251 e. The average molecular weight is 446 g/mol. The number of para-hydroxylation sites is 2. The van der Waals surface area contributed by atoms with Gasteiger partial charge in [0.25, 0.3) is 5.91 Å². The van der Waals surface area contributed by atoms with Crippen LogP contribution in [-0.2, 0) is 6.54 Å². The van der Waals surface area contributed by atoms with Crippen molar-refractivity contribution in [1.29, 1.82) is 0 Å². The molecule has 0 saturated heterocycles. The predicted molar refractivity (Wildman–Crippen MR) is 131 cm³/mol. The number of rotatable bonds is 9. The zero-order valence-corrected chi connectivity index (χ0v) is 19.1. The van der Waals surface area contributed by atoms with E-state index in [4.69, 9.17) is 9.72 Å². The number of carbonyl (C=O) groups excluding carboxylic acids is 1. The first-order valence-corrected chi connectivity index (χ1v) is 12.0. The Hall–Kier alpha value is -3.25. The van der Waals surface area contributed by atoms with E-state index in [9.17, 15) is 4.79 Å². The number of aromatic nitrogens is 2. The average Bonchev–Trinajstić information content (AvgIpc) is 3.20. The van der Waals surface area contributed by atoms with Crippen molar-refractivity contribution >= 4 is 28.7 Å². The van der Waals surface area contributed by atoms with Crippen LogP contribution in [0.15, 0.2) is 78.9 Å². The van der Waals surface area contributed by atoms with E-state index in [1.165, 1.54) is 5.56 Å².